The Balaban J connectivity index is 1.90. The average molecular weight is 258 g/mol. The van der Waals surface area contributed by atoms with E-state index in [1.807, 2.05) is 0 Å². The van der Waals surface area contributed by atoms with Crippen molar-refractivity contribution in [3.63, 3.8) is 0 Å². The van der Waals surface area contributed by atoms with Crippen LogP contribution in [0, 0.1) is 5.92 Å². The minimum absolute atomic E-state index is 0.0572. The number of hydrogen-bond donors (Lipinski definition) is 1. The van der Waals surface area contributed by atoms with Gasteiger partial charge in [-0.05, 0) is 45.8 Å². The Hall–Kier alpha value is -0.650. The summed E-state index contributed by atoms with van der Waals surface area (Å²) in [6.07, 6.45) is 2.60. The Morgan fingerprint density at radius 3 is 3.06 bits per heavy atom. The Kier molecular flexibility index (Phi) is 7.96. The van der Waals surface area contributed by atoms with E-state index >= 15 is 0 Å². The third-order valence-corrected chi connectivity index (χ3v) is 3.10. The second-order valence-corrected chi connectivity index (χ2v) is 4.83. The van der Waals surface area contributed by atoms with Gasteiger partial charge in [-0.3, -0.25) is 0 Å². The lowest BCUT2D eigenvalue weighted by molar-refractivity contribution is -0.148. The average Bonchev–Trinajstić information content (AvgIpc) is 2.34. The molecule has 0 aromatic carbocycles. The maximum absolute atomic E-state index is 11.0. The van der Waals surface area contributed by atoms with Crippen molar-refractivity contribution in [2.75, 3.05) is 53.0 Å². The van der Waals surface area contributed by atoms with Gasteiger partial charge in [-0.2, -0.15) is 0 Å². The molecule has 1 N–H and O–H groups in total. The smallest absolute Gasteiger partial charge is 0.332 e. The molecule has 5 nitrogen and oxygen atoms in total. The molecule has 1 aliphatic rings. The highest BCUT2D eigenvalue weighted by molar-refractivity contribution is 5.70. The third-order valence-electron chi connectivity index (χ3n) is 3.10. The quantitative estimate of drug-likeness (QED) is 0.507. The fourth-order valence-corrected chi connectivity index (χ4v) is 2.25. The highest BCUT2D eigenvalue weighted by Gasteiger charge is 2.16. The van der Waals surface area contributed by atoms with E-state index in [0.29, 0.717) is 13.2 Å². The summed E-state index contributed by atoms with van der Waals surface area (Å²) in [5, 5.41) is 3.38. The second-order valence-electron chi connectivity index (χ2n) is 4.83. The highest BCUT2D eigenvalue weighted by atomic mass is 16.6. The zero-order valence-electron chi connectivity index (χ0n) is 11.6. The molecule has 0 amide bonds. The number of carbonyl (C=O) groups excluding carboxylic acids is 1. The van der Waals surface area contributed by atoms with E-state index in [1.165, 1.54) is 25.9 Å². The zero-order valence-corrected chi connectivity index (χ0v) is 11.6. The largest absolute Gasteiger partial charge is 0.464 e. The van der Waals surface area contributed by atoms with Crippen molar-refractivity contribution >= 4 is 5.97 Å². The van der Waals surface area contributed by atoms with Crippen LogP contribution in [0.15, 0.2) is 0 Å². The van der Waals surface area contributed by atoms with Crippen LogP contribution in [0.3, 0.4) is 0 Å². The summed E-state index contributed by atoms with van der Waals surface area (Å²) in [6, 6.07) is 0. The van der Waals surface area contributed by atoms with Crippen LogP contribution in [0.5, 0.6) is 0 Å². The van der Waals surface area contributed by atoms with Gasteiger partial charge < -0.3 is 19.7 Å². The molecule has 1 rings (SSSR count). The van der Waals surface area contributed by atoms with E-state index < -0.39 is 0 Å². The summed E-state index contributed by atoms with van der Waals surface area (Å²) in [4.78, 5) is 13.4. The molecule has 5 heteroatoms. The SMILES string of the molecule is CCOC(=O)COCCNCC1CCCN(C)C1. The predicted octanol–water partition coefficient (Wildman–Crippen LogP) is 0.498. The number of hydrogen-bond acceptors (Lipinski definition) is 5. The summed E-state index contributed by atoms with van der Waals surface area (Å²) in [5.41, 5.74) is 0. The van der Waals surface area contributed by atoms with Gasteiger partial charge in [-0.15, -0.1) is 0 Å². The Morgan fingerprint density at radius 1 is 1.50 bits per heavy atom. The van der Waals surface area contributed by atoms with Gasteiger partial charge >= 0.3 is 5.97 Å². The van der Waals surface area contributed by atoms with E-state index in [-0.39, 0.29) is 12.6 Å². The molecule has 0 radical (unpaired) electrons. The van der Waals surface area contributed by atoms with E-state index in [9.17, 15) is 4.79 Å². The van der Waals surface area contributed by atoms with Gasteiger partial charge in [0.2, 0.25) is 0 Å². The molecule has 0 spiro atoms. The summed E-state index contributed by atoms with van der Waals surface area (Å²) >= 11 is 0. The fourth-order valence-electron chi connectivity index (χ4n) is 2.25. The summed E-state index contributed by atoms with van der Waals surface area (Å²) in [7, 11) is 2.18. The highest BCUT2D eigenvalue weighted by Crippen LogP contribution is 2.13. The predicted molar refractivity (Wildman–Crippen MR) is 70.5 cm³/mol. The molecule has 1 saturated heterocycles. The molecular weight excluding hydrogens is 232 g/mol. The van der Waals surface area contributed by atoms with Crippen molar-refractivity contribution in [1.82, 2.24) is 10.2 Å². The number of nitrogens with zero attached hydrogens (tertiary/aromatic N) is 1. The number of carbonyl (C=O) groups is 1. The van der Waals surface area contributed by atoms with Crippen molar-refractivity contribution < 1.29 is 14.3 Å². The van der Waals surface area contributed by atoms with Crippen LogP contribution in [-0.2, 0) is 14.3 Å². The maximum atomic E-state index is 11.0. The van der Waals surface area contributed by atoms with Crippen LogP contribution in [-0.4, -0.2) is 63.9 Å². The zero-order chi connectivity index (χ0) is 13.2. The lowest BCUT2D eigenvalue weighted by Gasteiger charge is -2.29. The number of likely N-dealkylation sites (tertiary alicyclic amines) is 1. The molecule has 0 bridgehead atoms. The Labute approximate surface area is 110 Å². The molecule has 18 heavy (non-hydrogen) atoms. The molecule has 1 aliphatic heterocycles. The lowest BCUT2D eigenvalue weighted by atomic mass is 9.98. The topological polar surface area (TPSA) is 50.8 Å². The molecule has 1 fully saturated rings. The van der Waals surface area contributed by atoms with Crippen molar-refractivity contribution in [1.29, 1.82) is 0 Å². The van der Waals surface area contributed by atoms with Crippen LogP contribution in [0.25, 0.3) is 0 Å². The second kappa shape index (κ2) is 9.30. The van der Waals surface area contributed by atoms with Crippen LogP contribution in [0.1, 0.15) is 19.8 Å². The van der Waals surface area contributed by atoms with E-state index in [4.69, 9.17) is 9.47 Å². The number of piperidine rings is 1. The van der Waals surface area contributed by atoms with Crippen LogP contribution >= 0.6 is 0 Å². The first-order valence-electron chi connectivity index (χ1n) is 6.85. The number of nitrogens with one attached hydrogen (secondary N) is 1. The standard InChI is InChI=1S/C13H26N2O3/c1-3-18-13(16)11-17-8-6-14-9-12-5-4-7-15(2)10-12/h12,14H,3-11H2,1-2H3. The molecule has 0 aromatic rings. The van der Waals surface area contributed by atoms with Crippen molar-refractivity contribution in [2.45, 2.75) is 19.8 Å². The molecular formula is C13H26N2O3. The van der Waals surface area contributed by atoms with Gasteiger partial charge in [0.25, 0.3) is 0 Å². The summed E-state index contributed by atoms with van der Waals surface area (Å²) in [5.74, 6) is 0.459. The molecule has 106 valence electrons. The lowest BCUT2D eigenvalue weighted by Crippen LogP contribution is -2.38. The molecule has 0 aliphatic carbocycles. The number of rotatable bonds is 8. The van der Waals surface area contributed by atoms with Gasteiger partial charge in [-0.1, -0.05) is 0 Å². The first kappa shape index (κ1) is 15.4. The van der Waals surface area contributed by atoms with Crippen LogP contribution in [0.4, 0.5) is 0 Å². The van der Waals surface area contributed by atoms with Crippen molar-refractivity contribution in [3.05, 3.63) is 0 Å². The minimum Gasteiger partial charge on any atom is -0.464 e. The maximum Gasteiger partial charge on any atom is 0.332 e. The van der Waals surface area contributed by atoms with Crippen molar-refractivity contribution in [2.24, 2.45) is 5.92 Å². The minimum atomic E-state index is -0.286. The Bertz CT molecular complexity index is 236. The fraction of sp³-hybridized carbons (Fsp3) is 0.923. The van der Waals surface area contributed by atoms with Gasteiger partial charge in [-0.25, -0.2) is 4.79 Å². The van der Waals surface area contributed by atoms with Gasteiger partial charge in [0.15, 0.2) is 0 Å². The first-order chi connectivity index (χ1) is 8.72. The monoisotopic (exact) mass is 258 g/mol. The van der Waals surface area contributed by atoms with E-state index in [2.05, 4.69) is 17.3 Å². The van der Waals surface area contributed by atoms with Crippen molar-refractivity contribution in [3.8, 4) is 0 Å². The number of ether oxygens (including phenoxy) is 2. The van der Waals surface area contributed by atoms with Gasteiger partial charge in [0.1, 0.15) is 6.61 Å². The molecule has 0 aromatic heterocycles. The van der Waals surface area contributed by atoms with Gasteiger partial charge in [0.05, 0.1) is 13.2 Å². The summed E-state index contributed by atoms with van der Waals surface area (Å²) < 4.78 is 9.98. The Morgan fingerprint density at radius 2 is 2.33 bits per heavy atom. The van der Waals surface area contributed by atoms with Crippen LogP contribution in [0.2, 0.25) is 0 Å². The summed E-state index contributed by atoms with van der Waals surface area (Å²) in [6.45, 7) is 7.04. The van der Waals surface area contributed by atoms with E-state index in [0.717, 1.165) is 19.0 Å². The first-order valence-corrected chi connectivity index (χ1v) is 6.85. The number of esters is 1. The van der Waals surface area contributed by atoms with E-state index in [1.54, 1.807) is 6.92 Å². The third kappa shape index (κ3) is 6.93. The van der Waals surface area contributed by atoms with Gasteiger partial charge in [0, 0.05) is 13.1 Å². The molecule has 1 unspecified atom stereocenters. The normalized spacial score (nSPS) is 20.9. The molecule has 1 heterocycles. The molecule has 1 atom stereocenters. The molecule has 0 saturated carbocycles. The van der Waals surface area contributed by atoms with Crippen LogP contribution < -0.4 is 5.32 Å².